The van der Waals surface area contributed by atoms with Gasteiger partial charge in [0.2, 0.25) is 0 Å². The largest absolute Gasteiger partial charge is 0.396 e. The smallest absolute Gasteiger partial charge is 0.298 e. The molecule has 0 radical (unpaired) electrons. The molecule has 0 aromatic carbocycles. The van der Waals surface area contributed by atoms with E-state index in [1.807, 2.05) is 0 Å². The second-order valence-corrected chi connectivity index (χ2v) is 3.74. The number of amides is 1. The zero-order valence-electron chi connectivity index (χ0n) is 7.86. The van der Waals surface area contributed by atoms with Crippen LogP contribution in [0.4, 0.5) is 0 Å². The molecule has 0 aliphatic carbocycles. The summed E-state index contributed by atoms with van der Waals surface area (Å²) in [5.74, 6) is 2.47. The lowest BCUT2D eigenvalue weighted by molar-refractivity contribution is -0.128. The Morgan fingerprint density at radius 3 is 2.92 bits per heavy atom. The number of nitrogens with zero attached hydrogens (tertiary/aromatic N) is 1. The molecular formula is C10H15NO2. The highest BCUT2D eigenvalue weighted by Gasteiger charge is 2.26. The van der Waals surface area contributed by atoms with Crippen LogP contribution in [-0.4, -0.2) is 35.6 Å². The van der Waals surface area contributed by atoms with Crippen molar-refractivity contribution in [1.82, 2.24) is 4.90 Å². The highest BCUT2D eigenvalue weighted by molar-refractivity contribution is 5.92. The Labute approximate surface area is 78.7 Å². The van der Waals surface area contributed by atoms with E-state index in [0.29, 0.717) is 12.5 Å². The van der Waals surface area contributed by atoms with Gasteiger partial charge in [-0.25, -0.2) is 0 Å². The molecule has 1 N–H and O–H groups in total. The van der Waals surface area contributed by atoms with Gasteiger partial charge in [0.1, 0.15) is 0 Å². The number of rotatable bonds is 1. The average molecular weight is 181 g/mol. The summed E-state index contributed by atoms with van der Waals surface area (Å²) in [6.07, 6.45) is 6.01. The van der Waals surface area contributed by atoms with Crippen molar-refractivity contribution in [3.05, 3.63) is 0 Å². The van der Waals surface area contributed by atoms with Gasteiger partial charge in [-0.2, -0.15) is 0 Å². The van der Waals surface area contributed by atoms with Crippen LogP contribution in [0.5, 0.6) is 0 Å². The molecule has 1 amide bonds. The minimum absolute atomic E-state index is 0.138. The van der Waals surface area contributed by atoms with Gasteiger partial charge in [-0.15, -0.1) is 6.42 Å². The Hall–Kier alpha value is -1.01. The summed E-state index contributed by atoms with van der Waals surface area (Å²) in [5.41, 5.74) is 0. The van der Waals surface area contributed by atoms with Crippen LogP contribution >= 0.6 is 0 Å². The molecule has 0 spiro atoms. The van der Waals surface area contributed by atoms with E-state index in [2.05, 4.69) is 12.8 Å². The van der Waals surface area contributed by atoms with Gasteiger partial charge in [0.15, 0.2) is 0 Å². The number of hydrogen-bond acceptors (Lipinski definition) is 2. The molecule has 1 heterocycles. The van der Waals surface area contributed by atoms with E-state index in [9.17, 15) is 4.79 Å². The fraction of sp³-hybridized carbons (Fsp3) is 0.700. The molecular weight excluding hydrogens is 166 g/mol. The maximum absolute atomic E-state index is 11.2. The summed E-state index contributed by atoms with van der Waals surface area (Å²) in [6, 6.07) is 0. The normalized spacial score (nSPS) is 28.2. The second kappa shape index (κ2) is 4.29. The Morgan fingerprint density at radius 2 is 2.38 bits per heavy atom. The van der Waals surface area contributed by atoms with Crippen LogP contribution in [0.3, 0.4) is 0 Å². The first-order valence-corrected chi connectivity index (χ1v) is 4.53. The molecule has 0 saturated carbocycles. The van der Waals surface area contributed by atoms with E-state index in [-0.39, 0.29) is 18.4 Å². The molecule has 1 saturated heterocycles. The van der Waals surface area contributed by atoms with Gasteiger partial charge in [-0.1, -0.05) is 6.92 Å². The van der Waals surface area contributed by atoms with E-state index in [1.165, 1.54) is 0 Å². The van der Waals surface area contributed by atoms with Crippen molar-refractivity contribution in [2.75, 3.05) is 19.7 Å². The summed E-state index contributed by atoms with van der Waals surface area (Å²) in [5, 5.41) is 8.99. The zero-order valence-corrected chi connectivity index (χ0v) is 7.86. The van der Waals surface area contributed by atoms with Gasteiger partial charge in [-0.05, 0) is 24.2 Å². The number of aliphatic hydroxyl groups is 1. The van der Waals surface area contributed by atoms with Crippen LogP contribution in [0, 0.1) is 24.2 Å². The molecule has 1 rings (SSSR count). The predicted octanol–water partition coefficient (Wildman–Crippen LogP) is 0.0965. The highest BCUT2D eigenvalue weighted by atomic mass is 16.3. The van der Waals surface area contributed by atoms with E-state index in [0.717, 1.165) is 13.0 Å². The third-order valence-electron chi connectivity index (χ3n) is 2.42. The van der Waals surface area contributed by atoms with E-state index in [4.69, 9.17) is 11.5 Å². The summed E-state index contributed by atoms with van der Waals surface area (Å²) >= 11 is 0. The minimum atomic E-state index is -0.259. The van der Waals surface area contributed by atoms with Crippen molar-refractivity contribution < 1.29 is 9.90 Å². The van der Waals surface area contributed by atoms with Gasteiger partial charge in [0.05, 0.1) is 0 Å². The molecule has 3 nitrogen and oxygen atoms in total. The van der Waals surface area contributed by atoms with E-state index in [1.54, 1.807) is 4.90 Å². The molecule has 1 aliphatic rings. The molecule has 0 aromatic heterocycles. The molecule has 1 aliphatic heterocycles. The number of hydrogen-bond donors (Lipinski definition) is 1. The number of carbonyl (C=O) groups excluding carboxylic acids is 1. The van der Waals surface area contributed by atoms with Gasteiger partial charge < -0.3 is 10.0 Å². The minimum Gasteiger partial charge on any atom is -0.396 e. The van der Waals surface area contributed by atoms with E-state index < -0.39 is 0 Å². The first-order valence-electron chi connectivity index (χ1n) is 4.53. The Bertz CT molecular complexity index is 232. The Morgan fingerprint density at radius 1 is 1.69 bits per heavy atom. The lowest BCUT2D eigenvalue weighted by atomic mass is 9.91. The zero-order chi connectivity index (χ0) is 9.84. The SMILES string of the molecule is C#CC(=O)N1CC(C)CC(CO)C1. The van der Waals surface area contributed by atoms with Crippen molar-refractivity contribution >= 4 is 5.91 Å². The third-order valence-corrected chi connectivity index (χ3v) is 2.42. The van der Waals surface area contributed by atoms with Crippen molar-refractivity contribution in [2.24, 2.45) is 11.8 Å². The highest BCUT2D eigenvalue weighted by Crippen LogP contribution is 2.20. The molecule has 2 unspecified atom stereocenters. The number of aliphatic hydroxyl groups excluding tert-OH is 1. The monoisotopic (exact) mass is 181 g/mol. The van der Waals surface area contributed by atoms with Crippen molar-refractivity contribution in [2.45, 2.75) is 13.3 Å². The molecule has 1 fully saturated rings. The van der Waals surface area contributed by atoms with Crippen molar-refractivity contribution in [3.63, 3.8) is 0 Å². The number of piperidine rings is 1. The third kappa shape index (κ3) is 2.46. The van der Waals surface area contributed by atoms with Gasteiger partial charge in [-0.3, -0.25) is 4.79 Å². The number of carbonyl (C=O) groups is 1. The van der Waals surface area contributed by atoms with Gasteiger partial charge >= 0.3 is 0 Å². The van der Waals surface area contributed by atoms with Crippen LogP contribution in [0.1, 0.15) is 13.3 Å². The summed E-state index contributed by atoms with van der Waals surface area (Å²) < 4.78 is 0. The number of likely N-dealkylation sites (tertiary alicyclic amines) is 1. The molecule has 3 heteroatoms. The standard InChI is InChI=1S/C10H15NO2/c1-3-10(13)11-5-8(2)4-9(6-11)7-12/h1,8-9,12H,4-7H2,2H3. The molecule has 0 bridgehead atoms. The fourth-order valence-electron chi connectivity index (χ4n) is 1.87. The van der Waals surface area contributed by atoms with Crippen LogP contribution < -0.4 is 0 Å². The fourth-order valence-corrected chi connectivity index (χ4v) is 1.87. The van der Waals surface area contributed by atoms with Crippen molar-refractivity contribution in [1.29, 1.82) is 0 Å². The Balaban J connectivity index is 2.58. The van der Waals surface area contributed by atoms with Crippen LogP contribution in [0.2, 0.25) is 0 Å². The summed E-state index contributed by atoms with van der Waals surface area (Å²) in [4.78, 5) is 12.8. The Kier molecular flexibility index (Phi) is 3.32. The number of terminal acetylenes is 1. The molecule has 13 heavy (non-hydrogen) atoms. The lowest BCUT2D eigenvalue weighted by Gasteiger charge is -2.34. The van der Waals surface area contributed by atoms with Gasteiger partial charge in [0.25, 0.3) is 5.91 Å². The molecule has 0 aromatic rings. The maximum atomic E-state index is 11.2. The van der Waals surface area contributed by atoms with E-state index >= 15 is 0 Å². The van der Waals surface area contributed by atoms with Crippen LogP contribution in [-0.2, 0) is 4.79 Å². The van der Waals surface area contributed by atoms with Crippen LogP contribution in [0.25, 0.3) is 0 Å². The first kappa shape index (κ1) is 10.1. The molecule has 72 valence electrons. The van der Waals surface area contributed by atoms with Crippen LogP contribution in [0.15, 0.2) is 0 Å². The summed E-state index contributed by atoms with van der Waals surface area (Å²) in [7, 11) is 0. The topological polar surface area (TPSA) is 40.5 Å². The second-order valence-electron chi connectivity index (χ2n) is 3.74. The summed E-state index contributed by atoms with van der Waals surface area (Å²) in [6.45, 7) is 3.53. The lowest BCUT2D eigenvalue weighted by Crippen LogP contribution is -2.43. The van der Waals surface area contributed by atoms with Gasteiger partial charge in [0, 0.05) is 19.7 Å². The first-order chi connectivity index (χ1) is 6.17. The predicted molar refractivity (Wildman–Crippen MR) is 49.8 cm³/mol. The quantitative estimate of drug-likeness (QED) is 0.583. The average Bonchev–Trinajstić information content (AvgIpc) is 2.15. The maximum Gasteiger partial charge on any atom is 0.298 e. The molecule has 2 atom stereocenters. The van der Waals surface area contributed by atoms with Crippen molar-refractivity contribution in [3.8, 4) is 12.3 Å².